The van der Waals surface area contributed by atoms with Crippen molar-refractivity contribution in [2.45, 2.75) is 32.6 Å². The molecule has 0 radical (unpaired) electrons. The van der Waals surface area contributed by atoms with Crippen LogP contribution in [0.1, 0.15) is 31.2 Å². The van der Waals surface area contributed by atoms with Crippen molar-refractivity contribution in [3.8, 4) is 11.4 Å². The van der Waals surface area contributed by atoms with Crippen LogP contribution >= 0.6 is 0 Å². The van der Waals surface area contributed by atoms with Crippen LogP contribution in [-0.2, 0) is 11.8 Å². The zero-order valence-electron chi connectivity index (χ0n) is 18.3. The number of rotatable bonds is 6. The highest BCUT2D eigenvalue weighted by molar-refractivity contribution is 5.59. The molecule has 0 amide bonds. The molecule has 5 rings (SSSR count). The van der Waals surface area contributed by atoms with Gasteiger partial charge >= 0.3 is 0 Å². The second kappa shape index (κ2) is 8.63. The van der Waals surface area contributed by atoms with Crippen LogP contribution in [0.4, 0.5) is 5.82 Å². The van der Waals surface area contributed by atoms with E-state index in [1.165, 1.54) is 45.3 Å². The van der Waals surface area contributed by atoms with Gasteiger partial charge in [0.25, 0.3) is 0 Å². The summed E-state index contributed by atoms with van der Waals surface area (Å²) < 4.78 is 7.37. The van der Waals surface area contributed by atoms with Crippen LogP contribution in [0.3, 0.4) is 0 Å². The minimum absolute atomic E-state index is 0.756. The van der Waals surface area contributed by atoms with E-state index in [0.29, 0.717) is 0 Å². The van der Waals surface area contributed by atoms with E-state index in [1.54, 1.807) is 0 Å². The largest absolute Gasteiger partial charge is 0.381 e. The number of nitrogens with zero attached hydrogens (tertiary/aromatic N) is 5. The molecule has 162 valence electrons. The lowest BCUT2D eigenvalue weighted by molar-refractivity contribution is 0.0544. The average molecular weight is 411 g/mol. The summed E-state index contributed by atoms with van der Waals surface area (Å²) in [6.07, 6.45) is 7.06. The SMILES string of the molecule is Cc1cnn(C)c1-c1ccc(NC[C@H]2C[C@@H]3CN(CC4CCOCC4)C[C@@H]3C2)nn1. The minimum atomic E-state index is 0.756. The molecule has 0 bridgehead atoms. The van der Waals surface area contributed by atoms with Crippen LogP contribution in [0.5, 0.6) is 0 Å². The molecule has 3 atom stereocenters. The van der Waals surface area contributed by atoms with Crippen molar-refractivity contribution in [2.24, 2.45) is 30.7 Å². The van der Waals surface area contributed by atoms with Gasteiger partial charge in [0.1, 0.15) is 11.5 Å². The number of hydrogen-bond acceptors (Lipinski definition) is 6. The molecule has 1 aliphatic carbocycles. The Hall–Kier alpha value is -1.99. The number of anilines is 1. The van der Waals surface area contributed by atoms with E-state index in [-0.39, 0.29) is 0 Å². The van der Waals surface area contributed by atoms with Gasteiger partial charge in [0, 0.05) is 46.4 Å². The quantitative estimate of drug-likeness (QED) is 0.790. The second-order valence-electron chi connectivity index (χ2n) is 9.62. The standard InChI is InChI=1S/C23H34N6O/c1-16-11-25-28(2)23(16)21-3-4-22(27-26-21)24-12-18-9-19-14-29(15-20(19)10-18)13-17-5-7-30-8-6-17/h3-4,11,17-20H,5-10,12-15H2,1-2H3,(H,24,27)/t18-,19+,20-. The molecule has 2 aliphatic heterocycles. The summed E-state index contributed by atoms with van der Waals surface area (Å²) in [5.41, 5.74) is 3.02. The van der Waals surface area contributed by atoms with E-state index in [0.717, 1.165) is 66.2 Å². The molecule has 0 spiro atoms. The molecule has 4 heterocycles. The van der Waals surface area contributed by atoms with E-state index in [9.17, 15) is 0 Å². The van der Waals surface area contributed by atoms with Gasteiger partial charge in [0.2, 0.25) is 0 Å². The van der Waals surface area contributed by atoms with Gasteiger partial charge in [-0.2, -0.15) is 5.10 Å². The first-order valence-electron chi connectivity index (χ1n) is 11.5. The minimum Gasteiger partial charge on any atom is -0.381 e. The van der Waals surface area contributed by atoms with Crippen LogP contribution in [0.2, 0.25) is 0 Å². The Morgan fingerprint density at radius 1 is 1.07 bits per heavy atom. The summed E-state index contributed by atoms with van der Waals surface area (Å²) in [6, 6.07) is 4.08. The predicted octanol–water partition coefficient (Wildman–Crippen LogP) is 2.98. The van der Waals surface area contributed by atoms with Gasteiger partial charge in [-0.05, 0) is 74.0 Å². The summed E-state index contributed by atoms with van der Waals surface area (Å²) >= 11 is 0. The molecule has 2 aromatic rings. The monoisotopic (exact) mass is 410 g/mol. The third-order valence-electron chi connectivity index (χ3n) is 7.38. The van der Waals surface area contributed by atoms with Gasteiger partial charge in [0.05, 0.1) is 11.9 Å². The molecule has 2 aromatic heterocycles. The zero-order chi connectivity index (χ0) is 20.5. The Kier molecular flexibility index (Phi) is 5.74. The van der Waals surface area contributed by atoms with Crippen molar-refractivity contribution in [3.05, 3.63) is 23.9 Å². The molecular weight excluding hydrogens is 376 g/mol. The van der Waals surface area contributed by atoms with Crippen molar-refractivity contribution in [3.63, 3.8) is 0 Å². The Balaban J connectivity index is 1.09. The number of likely N-dealkylation sites (tertiary alicyclic amines) is 1. The number of hydrogen-bond donors (Lipinski definition) is 1. The van der Waals surface area contributed by atoms with Gasteiger partial charge in [-0.25, -0.2) is 0 Å². The molecule has 30 heavy (non-hydrogen) atoms. The Bertz CT molecular complexity index is 810. The van der Waals surface area contributed by atoms with Crippen LogP contribution in [0.25, 0.3) is 11.4 Å². The van der Waals surface area contributed by atoms with Crippen molar-refractivity contribution in [1.82, 2.24) is 24.9 Å². The lowest BCUT2D eigenvalue weighted by Crippen LogP contribution is -2.32. The van der Waals surface area contributed by atoms with Crippen LogP contribution < -0.4 is 5.32 Å². The molecule has 2 saturated heterocycles. The highest BCUT2D eigenvalue weighted by atomic mass is 16.5. The lowest BCUT2D eigenvalue weighted by atomic mass is 9.99. The fourth-order valence-corrected chi connectivity index (χ4v) is 5.85. The third kappa shape index (κ3) is 4.23. The maximum Gasteiger partial charge on any atom is 0.148 e. The summed E-state index contributed by atoms with van der Waals surface area (Å²) in [5, 5.41) is 16.7. The molecule has 7 nitrogen and oxygen atoms in total. The van der Waals surface area contributed by atoms with E-state index in [2.05, 4.69) is 32.4 Å². The van der Waals surface area contributed by atoms with E-state index in [4.69, 9.17) is 4.74 Å². The summed E-state index contributed by atoms with van der Waals surface area (Å²) in [7, 11) is 1.94. The first-order chi connectivity index (χ1) is 14.7. The fourth-order valence-electron chi connectivity index (χ4n) is 5.85. The highest BCUT2D eigenvalue weighted by Crippen LogP contribution is 2.42. The molecule has 0 unspecified atom stereocenters. The lowest BCUT2D eigenvalue weighted by Gasteiger charge is -2.27. The number of aromatic nitrogens is 4. The molecule has 7 heteroatoms. The predicted molar refractivity (Wildman–Crippen MR) is 117 cm³/mol. The zero-order valence-corrected chi connectivity index (χ0v) is 18.3. The van der Waals surface area contributed by atoms with Gasteiger partial charge in [-0.1, -0.05) is 0 Å². The maximum atomic E-state index is 5.51. The second-order valence-corrected chi connectivity index (χ2v) is 9.62. The first kappa shape index (κ1) is 19.9. The maximum absolute atomic E-state index is 5.51. The molecule has 3 aliphatic rings. The molecule has 1 N–H and O–H groups in total. The van der Waals surface area contributed by atoms with E-state index >= 15 is 0 Å². The summed E-state index contributed by atoms with van der Waals surface area (Å²) in [5.74, 6) is 4.25. The van der Waals surface area contributed by atoms with Crippen molar-refractivity contribution < 1.29 is 4.74 Å². The normalized spacial score (nSPS) is 27.5. The number of ether oxygens (including phenoxy) is 1. The number of fused-ring (bicyclic) bond motifs is 1. The average Bonchev–Trinajstić information content (AvgIpc) is 3.41. The fraction of sp³-hybridized carbons (Fsp3) is 0.696. The van der Waals surface area contributed by atoms with Crippen LogP contribution in [-0.4, -0.2) is 64.3 Å². The van der Waals surface area contributed by atoms with E-state index < -0.39 is 0 Å². The summed E-state index contributed by atoms with van der Waals surface area (Å²) in [6.45, 7) is 8.88. The van der Waals surface area contributed by atoms with Gasteiger partial charge in [-0.3, -0.25) is 4.68 Å². The number of aryl methyl sites for hydroxylation is 2. The van der Waals surface area contributed by atoms with Gasteiger partial charge < -0.3 is 15.0 Å². The van der Waals surface area contributed by atoms with Gasteiger partial charge in [0.15, 0.2) is 0 Å². The Morgan fingerprint density at radius 3 is 2.47 bits per heavy atom. The van der Waals surface area contributed by atoms with Crippen LogP contribution in [0, 0.1) is 30.6 Å². The van der Waals surface area contributed by atoms with E-state index in [1.807, 2.05) is 30.1 Å². The van der Waals surface area contributed by atoms with Gasteiger partial charge in [-0.15, -0.1) is 10.2 Å². The molecule has 3 fully saturated rings. The number of nitrogens with one attached hydrogen (secondary N) is 1. The highest BCUT2D eigenvalue weighted by Gasteiger charge is 2.41. The Morgan fingerprint density at radius 2 is 1.83 bits per heavy atom. The topological polar surface area (TPSA) is 68.1 Å². The van der Waals surface area contributed by atoms with Crippen molar-refractivity contribution in [1.29, 1.82) is 0 Å². The smallest absolute Gasteiger partial charge is 0.148 e. The third-order valence-corrected chi connectivity index (χ3v) is 7.38. The Labute approximate surface area is 179 Å². The first-order valence-corrected chi connectivity index (χ1v) is 11.5. The summed E-state index contributed by atoms with van der Waals surface area (Å²) in [4.78, 5) is 2.74. The molecular formula is C23H34N6O. The van der Waals surface area contributed by atoms with Crippen LogP contribution in [0.15, 0.2) is 18.3 Å². The van der Waals surface area contributed by atoms with Crippen molar-refractivity contribution in [2.75, 3.05) is 44.7 Å². The molecule has 0 aromatic carbocycles. The molecule has 1 saturated carbocycles. The van der Waals surface area contributed by atoms with Crippen molar-refractivity contribution >= 4 is 5.82 Å².